The molecule has 9 rings (SSSR count). The second-order valence-corrected chi connectivity index (χ2v) is 26.3. The lowest BCUT2D eigenvalue weighted by Gasteiger charge is -2.53. The fraction of sp³-hybridized carbons (Fsp3) is 0.600. The van der Waals surface area contributed by atoms with E-state index < -0.39 is 152 Å². The second-order valence-electron chi connectivity index (χ2n) is 25.5. The van der Waals surface area contributed by atoms with Crippen molar-refractivity contribution in [2.75, 3.05) is 25.8 Å². The number of carbonyl (C=O) groups excluding carboxylic acids is 4. The molecule has 5 saturated heterocycles. The molecule has 3 N–H and O–H groups in total. The zero-order valence-electron chi connectivity index (χ0n) is 57.0. The molecule has 0 saturated carbocycles. The van der Waals surface area contributed by atoms with Gasteiger partial charge in [0.05, 0.1) is 74.6 Å². The molecule has 0 aromatic heterocycles. The van der Waals surface area contributed by atoms with E-state index in [1.165, 1.54) is 31.4 Å². The van der Waals surface area contributed by atoms with E-state index in [9.17, 15) is 27.1 Å². The third-order valence-electron chi connectivity index (χ3n) is 19.0. The first-order valence-corrected chi connectivity index (χ1v) is 34.0. The van der Waals surface area contributed by atoms with Crippen molar-refractivity contribution in [1.29, 1.82) is 0 Å². The Labute approximate surface area is 554 Å². The summed E-state index contributed by atoms with van der Waals surface area (Å²) in [6.45, 7) is 19.7. The molecule has 23 heteroatoms. The van der Waals surface area contributed by atoms with Crippen LogP contribution in [-0.2, 0) is 89.2 Å². The van der Waals surface area contributed by atoms with E-state index in [4.69, 9.17) is 66.3 Å². The van der Waals surface area contributed by atoms with Crippen LogP contribution >= 0.6 is 18.5 Å². The summed E-state index contributed by atoms with van der Waals surface area (Å²) in [4.78, 5) is 54.0. The fourth-order valence-electron chi connectivity index (χ4n) is 13.3. The summed E-state index contributed by atoms with van der Waals surface area (Å²) in [5, 5.41) is 15.0. The molecular formula is C70H96N2O19P2. The Morgan fingerprint density at radius 2 is 1.06 bits per heavy atom. The van der Waals surface area contributed by atoms with Crippen molar-refractivity contribution in [3.05, 3.63) is 138 Å². The predicted octanol–water partition coefficient (Wildman–Crippen LogP) is 8.17. The Kier molecular flexibility index (Phi) is 25.1. The Morgan fingerprint density at radius 3 is 1.67 bits per heavy atom. The van der Waals surface area contributed by atoms with Gasteiger partial charge in [-0.25, -0.2) is 9.59 Å². The molecule has 5 aliphatic rings. The maximum absolute atomic E-state index is 13.9. The van der Waals surface area contributed by atoms with Crippen LogP contribution in [0.3, 0.4) is 0 Å². The number of rotatable bonds is 26. The summed E-state index contributed by atoms with van der Waals surface area (Å²) in [5.41, 5.74) is 0.0194. The highest BCUT2D eigenvalue weighted by molar-refractivity contribution is 7.16. The number of nitrogens with one attached hydrogen (secondary N) is 2. The molecule has 0 aliphatic carbocycles. The van der Waals surface area contributed by atoms with Crippen LogP contribution in [0.4, 0.5) is 0 Å². The molecule has 510 valence electrons. The smallest absolute Gasteiger partial charge is 0.343 e. The molecule has 5 heterocycles. The number of aliphatic hydroxyl groups is 1. The molecular weight excluding hydrogens is 1230 g/mol. The molecule has 0 bridgehead atoms. The molecule has 0 spiro atoms. The van der Waals surface area contributed by atoms with Gasteiger partial charge in [0.2, 0.25) is 0 Å². The van der Waals surface area contributed by atoms with E-state index in [1.54, 1.807) is 67.6 Å². The normalized spacial score (nSPS) is 37.5. The zero-order chi connectivity index (χ0) is 68.4. The van der Waals surface area contributed by atoms with Crippen LogP contribution in [0.1, 0.15) is 97.6 Å². The van der Waals surface area contributed by atoms with Crippen molar-refractivity contribution in [3.8, 4) is 5.75 Å². The number of hydrogen-bond donors (Lipinski definition) is 3. The third kappa shape index (κ3) is 17.7. The van der Waals surface area contributed by atoms with Crippen LogP contribution in [0.25, 0.3) is 0 Å². The summed E-state index contributed by atoms with van der Waals surface area (Å²) >= 11 is 0. The molecule has 27 atom stereocenters. The summed E-state index contributed by atoms with van der Waals surface area (Å²) in [6, 6.07) is 34.6. The second kappa shape index (κ2) is 33.5. The number of esters is 3. The van der Waals surface area contributed by atoms with Gasteiger partial charge in [0.25, 0.3) is 0 Å². The van der Waals surface area contributed by atoms with Gasteiger partial charge in [-0.2, -0.15) is 0 Å². The molecule has 93 heavy (non-hydrogen) atoms. The quantitative estimate of drug-likeness (QED) is 0.0305. The van der Waals surface area contributed by atoms with Crippen LogP contribution < -0.4 is 15.4 Å². The Bertz CT molecular complexity index is 3080. The average molecular weight is 1340 g/mol. The average Bonchev–Trinajstić information content (AvgIpc) is 0.738. The molecule has 12 unspecified atom stereocenters. The SMILES string of the molecule is [3H]N(CP)C1[C@H](O[C@@H]2C(CO[C@@H]3OC(COCc4ccccc4)[C@@H](C)[C@H](C)C3OCc3ccccc3)O[C@@H](OC3[C@H](C)OC(C(=O)Oc4ccccc4)[C@@](C)(O)[C@@H]3OC(C)=O)C(N([3H])CP)[C@H]2C)OC(C)[C@@H](O[C@@H]2OC(C(C)=O)[C@H](C)[C@H](C)C2OC(=O)c2ccccc2)[C@@H]1C. The number of para-hydroxylation sites is 1. The number of Topliss-reactive ketones (excluding diaryl/α,β-unsaturated/α-hetero) is 1. The first-order valence-electron chi connectivity index (χ1n) is 33.3. The van der Waals surface area contributed by atoms with Gasteiger partial charge in [-0.1, -0.05) is 139 Å². The van der Waals surface area contributed by atoms with Gasteiger partial charge < -0.3 is 82.0 Å². The summed E-state index contributed by atoms with van der Waals surface area (Å²) in [7, 11) is 5.15. The third-order valence-corrected chi connectivity index (χ3v) is 19.4. The number of ether oxygens (including phenoxy) is 14. The molecule has 4 aromatic rings. The van der Waals surface area contributed by atoms with E-state index in [0.717, 1.165) is 11.1 Å². The zero-order valence-corrected chi connectivity index (χ0v) is 57.3. The maximum Gasteiger partial charge on any atom is 0.343 e. The van der Waals surface area contributed by atoms with E-state index in [2.05, 4.69) is 32.3 Å². The van der Waals surface area contributed by atoms with Gasteiger partial charge in [-0.05, 0) is 80.8 Å². The van der Waals surface area contributed by atoms with E-state index in [1.807, 2.05) is 95.3 Å². The number of ketones is 1. The van der Waals surface area contributed by atoms with Gasteiger partial charge in [0.1, 0.15) is 38.6 Å². The lowest BCUT2D eigenvalue weighted by Crippen LogP contribution is -2.70. The molecule has 0 radical (unpaired) electrons. The number of hydrogen-bond acceptors (Lipinski definition) is 21. The van der Waals surface area contributed by atoms with Crippen molar-refractivity contribution >= 4 is 42.2 Å². The minimum Gasteiger partial charge on any atom is -0.456 e. The van der Waals surface area contributed by atoms with Crippen molar-refractivity contribution in [2.45, 2.75) is 205 Å². The van der Waals surface area contributed by atoms with E-state index in [0.29, 0.717) is 12.2 Å². The number of benzene rings is 4. The highest BCUT2D eigenvalue weighted by Gasteiger charge is 2.60. The van der Waals surface area contributed by atoms with Crippen LogP contribution in [0.5, 0.6) is 5.75 Å². The summed E-state index contributed by atoms with van der Waals surface area (Å²) in [5.74, 6) is -4.59. The summed E-state index contributed by atoms with van der Waals surface area (Å²) < 4.78 is 112. The van der Waals surface area contributed by atoms with Crippen molar-refractivity contribution < 1.29 is 93.4 Å². The van der Waals surface area contributed by atoms with Crippen LogP contribution in [0, 0.1) is 35.5 Å². The fourth-order valence-corrected chi connectivity index (χ4v) is 13.8. The van der Waals surface area contributed by atoms with Gasteiger partial charge in [-0.3, -0.25) is 9.59 Å². The number of carbonyl (C=O) groups is 4. The van der Waals surface area contributed by atoms with Gasteiger partial charge in [0.15, 0.2) is 49.3 Å². The highest BCUT2D eigenvalue weighted by atomic mass is 31.0. The minimum absolute atomic E-state index is 0.0621. The van der Waals surface area contributed by atoms with Crippen molar-refractivity contribution in [1.82, 2.24) is 10.6 Å². The molecule has 5 fully saturated rings. The largest absolute Gasteiger partial charge is 0.456 e. The van der Waals surface area contributed by atoms with Crippen LogP contribution in [0.2, 0.25) is 2.82 Å². The Morgan fingerprint density at radius 1 is 0.538 bits per heavy atom. The minimum atomic E-state index is -2.26. The predicted molar refractivity (Wildman–Crippen MR) is 349 cm³/mol. The first kappa shape index (κ1) is 69.6. The Hall–Kier alpha value is -4.74. The van der Waals surface area contributed by atoms with Crippen LogP contribution in [-0.4, -0.2) is 171 Å². The standard InChI is InChI=1S/C70H96N2O19P2/c1-38-39(2)59(79-33-49-26-18-13-19-27-49)68(85-52(38)34-78-32-48-24-16-12-17-25-48)80-35-53-58(43(6)55(72-37-93)67(86-53)91-61-46(9)81-63(70(11,77)62(61)83-47(10)74)65(76)84-51-30-22-15-23-31-51)90-66-54(71-36-92)42(5)57(45(8)82-66)89-69-60(41(4)40(3)56(88-69)44(7)73)87-64(75)50-28-20-14-21-29-50/h12-31,38-43,45-46,52-63,66-69,71-72,77H,32-37,92-93H2,1-11H3/t38-,39-,40+,41-,42+,43+,45?,46-,52?,53?,54?,55?,56?,57-,58-,59?,60?,61?,62+,63?,66-,67-,68+,69-,70-/m0/s1/i/hT2. The first-order chi connectivity index (χ1) is 45.4. The van der Waals surface area contributed by atoms with Crippen molar-refractivity contribution in [3.63, 3.8) is 0 Å². The molecule has 21 nitrogen and oxygen atoms in total. The van der Waals surface area contributed by atoms with Crippen molar-refractivity contribution in [2.24, 2.45) is 35.5 Å². The maximum atomic E-state index is 13.9. The van der Waals surface area contributed by atoms with Gasteiger partial charge in [0, 0.05) is 37.2 Å². The van der Waals surface area contributed by atoms with E-state index in [-0.39, 0.29) is 61.7 Å². The lowest BCUT2D eigenvalue weighted by molar-refractivity contribution is -0.359. The van der Waals surface area contributed by atoms with Gasteiger partial charge >= 0.3 is 17.9 Å². The van der Waals surface area contributed by atoms with Gasteiger partial charge in [-0.15, -0.1) is 18.5 Å². The molecule has 4 aromatic carbocycles. The molecule has 0 amide bonds. The molecule has 5 aliphatic heterocycles. The lowest BCUT2D eigenvalue weighted by atomic mass is 9.81. The summed E-state index contributed by atoms with van der Waals surface area (Å²) in [6.07, 6.45) is -17.0. The monoisotopic (exact) mass is 1330 g/mol. The Balaban J connectivity index is 1.05. The van der Waals surface area contributed by atoms with E-state index >= 15 is 0 Å². The van der Waals surface area contributed by atoms with Crippen LogP contribution in [0.15, 0.2) is 121 Å². The topological polar surface area (TPSA) is 242 Å². The highest BCUT2D eigenvalue weighted by Crippen LogP contribution is 2.43.